The third kappa shape index (κ3) is 4.57. The van der Waals surface area contributed by atoms with Crippen molar-refractivity contribution in [3.63, 3.8) is 0 Å². The third-order valence-corrected chi connectivity index (χ3v) is 6.02. The van der Waals surface area contributed by atoms with E-state index in [9.17, 15) is 0 Å². The summed E-state index contributed by atoms with van der Waals surface area (Å²) in [6.45, 7) is 4.27. The van der Waals surface area contributed by atoms with Crippen LogP contribution in [0.1, 0.15) is 23.1 Å². The highest BCUT2D eigenvalue weighted by molar-refractivity contribution is 7.99. The molecule has 0 atom stereocenters. The topological polar surface area (TPSA) is 43.6 Å². The first-order valence-corrected chi connectivity index (χ1v) is 10.8. The Morgan fingerprint density at radius 2 is 1.66 bits per heavy atom. The maximum absolute atomic E-state index is 4.52. The summed E-state index contributed by atoms with van der Waals surface area (Å²) in [4.78, 5) is 4.13. The molecule has 0 bridgehead atoms. The van der Waals surface area contributed by atoms with Crippen molar-refractivity contribution in [1.29, 1.82) is 0 Å². The third-order valence-electron chi connectivity index (χ3n) is 5.00. The number of rotatable bonds is 7. The number of hydrogen-bond acceptors (Lipinski definition) is 4. The highest BCUT2D eigenvalue weighted by Crippen LogP contribution is 2.29. The average molecular weight is 401 g/mol. The van der Waals surface area contributed by atoms with Gasteiger partial charge in [-0.25, -0.2) is 0 Å². The van der Waals surface area contributed by atoms with Gasteiger partial charge >= 0.3 is 0 Å². The number of nitrogens with zero attached hydrogens (tertiary/aromatic N) is 4. The van der Waals surface area contributed by atoms with E-state index in [1.165, 1.54) is 16.7 Å². The van der Waals surface area contributed by atoms with Gasteiger partial charge in [0.15, 0.2) is 11.0 Å². The summed E-state index contributed by atoms with van der Waals surface area (Å²) in [7, 11) is 0. The van der Waals surface area contributed by atoms with E-state index in [2.05, 4.69) is 82.1 Å². The van der Waals surface area contributed by atoms with Crippen LogP contribution in [0.25, 0.3) is 17.1 Å². The van der Waals surface area contributed by atoms with Crippen molar-refractivity contribution in [3.8, 4) is 17.1 Å². The fourth-order valence-corrected chi connectivity index (χ4v) is 4.12. The number of aryl methyl sites for hydroxylation is 3. The lowest BCUT2D eigenvalue weighted by Crippen LogP contribution is -2.01. The Kier molecular flexibility index (Phi) is 6.06. The summed E-state index contributed by atoms with van der Waals surface area (Å²) in [5.41, 5.74) is 6.03. The Balaban J connectivity index is 1.59. The van der Waals surface area contributed by atoms with Crippen molar-refractivity contribution in [2.45, 2.75) is 31.8 Å². The Morgan fingerprint density at radius 3 is 2.41 bits per heavy atom. The van der Waals surface area contributed by atoms with Crippen LogP contribution in [0.5, 0.6) is 0 Å². The molecule has 0 radical (unpaired) electrons. The summed E-state index contributed by atoms with van der Waals surface area (Å²) >= 11 is 1.76. The molecule has 0 N–H and O–H groups in total. The Labute approximate surface area is 176 Å². The first-order chi connectivity index (χ1) is 14.2. The molecule has 29 heavy (non-hydrogen) atoms. The van der Waals surface area contributed by atoms with Crippen molar-refractivity contribution in [1.82, 2.24) is 19.7 Å². The second kappa shape index (κ2) is 9.05. The van der Waals surface area contributed by atoms with E-state index in [1.807, 2.05) is 12.1 Å². The maximum atomic E-state index is 4.52. The van der Waals surface area contributed by atoms with Gasteiger partial charge in [0.25, 0.3) is 0 Å². The van der Waals surface area contributed by atoms with Gasteiger partial charge in [-0.15, -0.1) is 10.2 Å². The molecule has 2 aromatic heterocycles. The second-order valence-electron chi connectivity index (χ2n) is 7.08. The van der Waals surface area contributed by atoms with E-state index >= 15 is 0 Å². The molecule has 0 aliphatic rings. The SMILES string of the molecule is Cc1ccc(-n2c(SCCCc3ccccc3)nnc2-c2ccncc2)cc1C. The van der Waals surface area contributed by atoms with E-state index in [4.69, 9.17) is 0 Å². The highest BCUT2D eigenvalue weighted by Gasteiger charge is 2.16. The van der Waals surface area contributed by atoms with E-state index in [0.717, 1.165) is 40.8 Å². The molecule has 0 saturated heterocycles. The largest absolute Gasteiger partial charge is 0.270 e. The van der Waals surface area contributed by atoms with E-state index < -0.39 is 0 Å². The number of aromatic nitrogens is 4. The summed E-state index contributed by atoms with van der Waals surface area (Å²) in [6, 6.07) is 21.1. The molecule has 4 nitrogen and oxygen atoms in total. The van der Waals surface area contributed by atoms with Crippen molar-refractivity contribution in [3.05, 3.63) is 89.7 Å². The van der Waals surface area contributed by atoms with E-state index in [0.29, 0.717) is 0 Å². The molecule has 0 aliphatic heterocycles. The standard InChI is InChI=1S/C24H24N4S/c1-18-10-11-22(17-19(18)2)28-23(21-12-14-25-15-13-21)26-27-24(28)29-16-6-9-20-7-4-3-5-8-20/h3-5,7-8,10-15,17H,6,9,16H2,1-2H3. The molecule has 0 amide bonds. The zero-order valence-corrected chi connectivity index (χ0v) is 17.6. The van der Waals surface area contributed by atoms with Gasteiger partial charge in [-0.2, -0.15) is 0 Å². The molecule has 0 spiro atoms. The molecule has 0 fully saturated rings. The van der Waals surface area contributed by atoms with Crippen LogP contribution in [0.2, 0.25) is 0 Å². The lowest BCUT2D eigenvalue weighted by Gasteiger charge is -2.12. The average Bonchev–Trinajstić information content (AvgIpc) is 3.18. The molecule has 4 aromatic rings. The fourth-order valence-electron chi connectivity index (χ4n) is 3.23. The maximum Gasteiger partial charge on any atom is 0.196 e. The Bertz CT molecular complexity index is 1070. The monoisotopic (exact) mass is 400 g/mol. The van der Waals surface area contributed by atoms with Crippen LogP contribution < -0.4 is 0 Å². The van der Waals surface area contributed by atoms with Crippen molar-refractivity contribution in [2.24, 2.45) is 0 Å². The summed E-state index contributed by atoms with van der Waals surface area (Å²) < 4.78 is 2.16. The normalized spacial score (nSPS) is 11.0. The molecule has 0 saturated carbocycles. The Morgan fingerprint density at radius 1 is 0.862 bits per heavy atom. The van der Waals surface area contributed by atoms with Crippen LogP contribution in [0.15, 0.2) is 78.2 Å². The second-order valence-corrected chi connectivity index (χ2v) is 8.15. The minimum absolute atomic E-state index is 0.848. The van der Waals surface area contributed by atoms with E-state index in [-0.39, 0.29) is 0 Å². The Hall–Kier alpha value is -2.92. The van der Waals surface area contributed by atoms with Crippen LogP contribution in [-0.4, -0.2) is 25.5 Å². The van der Waals surface area contributed by atoms with Crippen molar-refractivity contribution >= 4 is 11.8 Å². The molecule has 0 unspecified atom stereocenters. The smallest absolute Gasteiger partial charge is 0.196 e. The number of thioether (sulfide) groups is 1. The summed E-state index contributed by atoms with van der Waals surface area (Å²) in [5.74, 6) is 1.84. The highest BCUT2D eigenvalue weighted by atomic mass is 32.2. The molecular weight excluding hydrogens is 376 g/mol. The van der Waals surface area contributed by atoms with Crippen LogP contribution in [0.3, 0.4) is 0 Å². The molecule has 5 heteroatoms. The van der Waals surface area contributed by atoms with Crippen LogP contribution in [0.4, 0.5) is 0 Å². The van der Waals surface area contributed by atoms with Gasteiger partial charge in [0.05, 0.1) is 5.69 Å². The predicted molar refractivity (Wildman–Crippen MR) is 120 cm³/mol. The zero-order chi connectivity index (χ0) is 20.1. The van der Waals surface area contributed by atoms with Gasteiger partial charge < -0.3 is 0 Å². The first kappa shape index (κ1) is 19.4. The number of hydrogen-bond donors (Lipinski definition) is 0. The quantitative estimate of drug-likeness (QED) is 0.296. The zero-order valence-electron chi connectivity index (χ0n) is 16.7. The van der Waals surface area contributed by atoms with Crippen LogP contribution in [0, 0.1) is 13.8 Å². The van der Waals surface area contributed by atoms with Crippen LogP contribution in [-0.2, 0) is 6.42 Å². The minimum atomic E-state index is 0.848. The molecule has 0 aliphatic carbocycles. The summed E-state index contributed by atoms with van der Waals surface area (Å²) in [6.07, 6.45) is 5.75. The van der Waals surface area contributed by atoms with Gasteiger partial charge in [-0.1, -0.05) is 48.2 Å². The molecular formula is C24H24N4S. The van der Waals surface area contributed by atoms with Gasteiger partial charge in [0.2, 0.25) is 0 Å². The van der Waals surface area contributed by atoms with Gasteiger partial charge in [-0.05, 0) is 67.6 Å². The molecule has 2 heterocycles. The molecule has 2 aromatic carbocycles. The van der Waals surface area contributed by atoms with Crippen LogP contribution >= 0.6 is 11.8 Å². The lowest BCUT2D eigenvalue weighted by atomic mass is 10.1. The van der Waals surface area contributed by atoms with Gasteiger partial charge in [0.1, 0.15) is 0 Å². The summed E-state index contributed by atoms with van der Waals surface area (Å²) in [5, 5.41) is 9.96. The van der Waals surface area contributed by atoms with Gasteiger partial charge in [-0.3, -0.25) is 9.55 Å². The predicted octanol–water partition coefficient (Wildman–Crippen LogP) is 5.67. The first-order valence-electron chi connectivity index (χ1n) is 9.82. The van der Waals surface area contributed by atoms with E-state index in [1.54, 1.807) is 24.2 Å². The van der Waals surface area contributed by atoms with Crippen molar-refractivity contribution in [2.75, 3.05) is 5.75 Å². The lowest BCUT2D eigenvalue weighted by molar-refractivity contribution is 0.874. The fraction of sp³-hybridized carbons (Fsp3) is 0.208. The molecule has 146 valence electrons. The minimum Gasteiger partial charge on any atom is -0.270 e. The van der Waals surface area contributed by atoms with Crippen molar-refractivity contribution < 1.29 is 0 Å². The van der Waals surface area contributed by atoms with Gasteiger partial charge in [0, 0.05) is 23.7 Å². The number of benzene rings is 2. The molecule has 4 rings (SSSR count). The number of pyridine rings is 1.